The van der Waals surface area contributed by atoms with E-state index in [1.807, 2.05) is 74.5 Å². The average Bonchev–Trinajstić information content (AvgIpc) is 3.17. The lowest BCUT2D eigenvalue weighted by Crippen LogP contribution is -2.00. The summed E-state index contributed by atoms with van der Waals surface area (Å²) in [5, 5.41) is 11.6. The van der Waals surface area contributed by atoms with Crippen molar-refractivity contribution >= 4 is 44.6 Å². The third kappa shape index (κ3) is 4.28. The van der Waals surface area contributed by atoms with Crippen molar-refractivity contribution in [3.8, 4) is 0 Å². The summed E-state index contributed by atoms with van der Waals surface area (Å²) in [5.41, 5.74) is 14.7. The molecule has 5 nitrogen and oxygen atoms in total. The highest BCUT2D eigenvalue weighted by Crippen LogP contribution is 2.30. The number of hydrogen-bond donors (Lipinski definition) is 2. The van der Waals surface area contributed by atoms with E-state index >= 15 is 0 Å². The highest BCUT2D eigenvalue weighted by atomic mass is 15.3. The molecule has 5 heteroatoms. The SMILES string of the molecule is C/C(=N\Nc1ccccc1)c1ccc2c(c1)c1cc(/C(C)=N/Nc3ccccc3)ccc1n2C. The number of anilines is 2. The second-order valence-corrected chi connectivity index (χ2v) is 8.37. The summed E-state index contributed by atoms with van der Waals surface area (Å²) >= 11 is 0. The first-order valence-electron chi connectivity index (χ1n) is 11.3. The van der Waals surface area contributed by atoms with Crippen molar-refractivity contribution in [2.45, 2.75) is 13.8 Å². The van der Waals surface area contributed by atoms with Gasteiger partial charge in [0.25, 0.3) is 0 Å². The first-order chi connectivity index (χ1) is 16.6. The second-order valence-electron chi connectivity index (χ2n) is 8.37. The molecule has 0 spiro atoms. The summed E-state index contributed by atoms with van der Waals surface area (Å²) in [5.74, 6) is 0. The van der Waals surface area contributed by atoms with Crippen LogP contribution in [0.4, 0.5) is 11.4 Å². The standard InChI is InChI=1S/C29H27N5/c1-20(30-32-24-10-6-4-7-11-24)22-14-16-28-26(18-22)27-19-23(15-17-29(27)34(28)3)21(2)31-33-25-12-8-5-9-13-25/h4-19,32-33H,1-3H3/b30-20+,31-21+. The van der Waals surface area contributed by atoms with E-state index in [0.717, 1.165) is 33.9 Å². The molecule has 0 bridgehead atoms. The fraction of sp³-hybridized carbons (Fsp3) is 0.103. The van der Waals surface area contributed by atoms with Crippen molar-refractivity contribution in [1.29, 1.82) is 0 Å². The molecular weight excluding hydrogens is 418 g/mol. The molecular formula is C29H27N5. The van der Waals surface area contributed by atoms with Crippen molar-refractivity contribution < 1.29 is 0 Å². The van der Waals surface area contributed by atoms with Gasteiger partial charge in [-0.3, -0.25) is 10.9 Å². The Morgan fingerprint density at radius 1 is 0.588 bits per heavy atom. The van der Waals surface area contributed by atoms with Crippen LogP contribution in [-0.4, -0.2) is 16.0 Å². The van der Waals surface area contributed by atoms with Crippen LogP contribution in [0.2, 0.25) is 0 Å². The zero-order valence-corrected chi connectivity index (χ0v) is 19.6. The quantitative estimate of drug-likeness (QED) is 0.218. The van der Waals surface area contributed by atoms with Gasteiger partial charge in [-0.15, -0.1) is 0 Å². The average molecular weight is 446 g/mol. The Bertz CT molecular complexity index is 1400. The number of hydrogen-bond acceptors (Lipinski definition) is 4. The zero-order valence-electron chi connectivity index (χ0n) is 19.6. The third-order valence-electron chi connectivity index (χ3n) is 6.09. The largest absolute Gasteiger partial charge is 0.344 e. The smallest absolute Gasteiger partial charge is 0.0648 e. The monoisotopic (exact) mass is 445 g/mol. The van der Waals surface area contributed by atoms with E-state index in [2.05, 4.69) is 69.1 Å². The van der Waals surface area contributed by atoms with Crippen LogP contribution in [0.1, 0.15) is 25.0 Å². The molecule has 0 atom stereocenters. The lowest BCUT2D eigenvalue weighted by Gasteiger charge is -2.05. The van der Waals surface area contributed by atoms with Crippen molar-refractivity contribution in [1.82, 2.24) is 4.57 Å². The maximum absolute atomic E-state index is 4.59. The van der Waals surface area contributed by atoms with E-state index in [-0.39, 0.29) is 0 Å². The molecule has 0 saturated carbocycles. The normalized spacial score (nSPS) is 12.3. The Labute approximate surface area is 199 Å². The van der Waals surface area contributed by atoms with Crippen molar-refractivity contribution in [2.75, 3.05) is 10.9 Å². The molecule has 2 N–H and O–H groups in total. The Morgan fingerprint density at radius 2 is 1.00 bits per heavy atom. The van der Waals surface area contributed by atoms with E-state index in [0.29, 0.717) is 0 Å². The summed E-state index contributed by atoms with van der Waals surface area (Å²) < 4.78 is 2.24. The van der Waals surface area contributed by atoms with E-state index in [1.165, 1.54) is 21.8 Å². The van der Waals surface area contributed by atoms with E-state index in [9.17, 15) is 0 Å². The Balaban J connectivity index is 1.50. The van der Waals surface area contributed by atoms with Crippen LogP contribution < -0.4 is 10.9 Å². The maximum Gasteiger partial charge on any atom is 0.0648 e. The van der Waals surface area contributed by atoms with Gasteiger partial charge in [-0.2, -0.15) is 10.2 Å². The minimum Gasteiger partial charge on any atom is -0.344 e. The maximum atomic E-state index is 4.59. The van der Waals surface area contributed by atoms with Crippen LogP contribution in [0.3, 0.4) is 0 Å². The van der Waals surface area contributed by atoms with Crippen LogP contribution >= 0.6 is 0 Å². The molecule has 0 aliphatic rings. The van der Waals surface area contributed by atoms with Gasteiger partial charge in [0, 0.05) is 28.9 Å². The van der Waals surface area contributed by atoms with E-state index in [1.54, 1.807) is 0 Å². The Morgan fingerprint density at radius 3 is 1.41 bits per heavy atom. The molecule has 34 heavy (non-hydrogen) atoms. The summed E-state index contributed by atoms with van der Waals surface area (Å²) in [7, 11) is 2.11. The van der Waals surface area contributed by atoms with E-state index in [4.69, 9.17) is 0 Å². The number of para-hydroxylation sites is 2. The first-order valence-corrected chi connectivity index (χ1v) is 11.3. The molecule has 1 heterocycles. The van der Waals surface area contributed by atoms with Crippen molar-refractivity contribution in [3.05, 3.63) is 108 Å². The highest BCUT2D eigenvalue weighted by Gasteiger charge is 2.11. The van der Waals surface area contributed by atoms with Gasteiger partial charge in [0.05, 0.1) is 22.8 Å². The van der Waals surface area contributed by atoms with E-state index < -0.39 is 0 Å². The van der Waals surface area contributed by atoms with Crippen LogP contribution in [0.15, 0.2) is 107 Å². The molecule has 5 rings (SSSR count). The summed E-state index contributed by atoms with van der Waals surface area (Å²) in [6.07, 6.45) is 0. The number of fused-ring (bicyclic) bond motifs is 3. The van der Waals surface area contributed by atoms with Crippen molar-refractivity contribution in [3.63, 3.8) is 0 Å². The number of aromatic nitrogens is 1. The molecule has 0 saturated heterocycles. The predicted molar refractivity (Wildman–Crippen MR) is 145 cm³/mol. The van der Waals surface area contributed by atoms with Gasteiger partial charge in [-0.25, -0.2) is 0 Å². The fourth-order valence-electron chi connectivity index (χ4n) is 4.12. The van der Waals surface area contributed by atoms with Gasteiger partial charge >= 0.3 is 0 Å². The van der Waals surface area contributed by atoms with Crippen molar-refractivity contribution in [2.24, 2.45) is 17.3 Å². The molecule has 0 aliphatic carbocycles. The molecule has 0 fully saturated rings. The molecule has 0 aliphatic heterocycles. The zero-order chi connectivity index (χ0) is 23.5. The van der Waals surface area contributed by atoms with Gasteiger partial charge in [0.2, 0.25) is 0 Å². The van der Waals surface area contributed by atoms with Gasteiger partial charge in [0.1, 0.15) is 0 Å². The van der Waals surface area contributed by atoms with Crippen LogP contribution in [0, 0.1) is 0 Å². The first kappa shape index (κ1) is 21.5. The minimum absolute atomic E-state index is 0.934. The molecule has 5 aromatic rings. The lowest BCUT2D eigenvalue weighted by molar-refractivity contribution is 1.01. The molecule has 1 aromatic heterocycles. The van der Waals surface area contributed by atoms with Crippen LogP contribution in [-0.2, 0) is 7.05 Å². The molecule has 168 valence electrons. The number of benzene rings is 4. The van der Waals surface area contributed by atoms with Gasteiger partial charge in [-0.1, -0.05) is 48.5 Å². The minimum atomic E-state index is 0.934. The molecule has 0 amide bonds. The van der Waals surface area contributed by atoms with Gasteiger partial charge < -0.3 is 4.57 Å². The van der Waals surface area contributed by atoms with Gasteiger partial charge in [-0.05, 0) is 73.5 Å². The Hall–Kier alpha value is -4.38. The molecule has 0 radical (unpaired) electrons. The fourth-order valence-corrected chi connectivity index (χ4v) is 4.12. The number of nitrogens with zero attached hydrogens (tertiary/aromatic N) is 3. The number of rotatable bonds is 6. The van der Waals surface area contributed by atoms with Crippen LogP contribution in [0.5, 0.6) is 0 Å². The topological polar surface area (TPSA) is 53.7 Å². The number of aryl methyl sites for hydroxylation is 1. The molecule has 4 aromatic carbocycles. The number of nitrogens with one attached hydrogen (secondary N) is 2. The number of hydrazone groups is 2. The van der Waals surface area contributed by atoms with Crippen LogP contribution in [0.25, 0.3) is 21.8 Å². The highest BCUT2D eigenvalue weighted by molar-refractivity contribution is 6.13. The summed E-state index contributed by atoms with van der Waals surface area (Å²) in [4.78, 5) is 0. The second kappa shape index (κ2) is 9.24. The summed E-state index contributed by atoms with van der Waals surface area (Å²) in [6, 6.07) is 33.0. The predicted octanol–water partition coefficient (Wildman–Crippen LogP) is 7.00. The Kier molecular flexibility index (Phi) is 5.83. The summed E-state index contributed by atoms with van der Waals surface area (Å²) in [6.45, 7) is 4.06. The van der Waals surface area contributed by atoms with Gasteiger partial charge in [0.15, 0.2) is 0 Å². The lowest BCUT2D eigenvalue weighted by atomic mass is 10.0. The third-order valence-corrected chi connectivity index (χ3v) is 6.09. The molecule has 0 unspecified atom stereocenters.